The number of carbonyl (C=O) groups excluding carboxylic acids is 1. The molecular formula is C12H17NO3S. The van der Waals surface area contributed by atoms with E-state index >= 15 is 0 Å². The van der Waals surface area contributed by atoms with Gasteiger partial charge in [0.2, 0.25) is 0 Å². The monoisotopic (exact) mass is 255 g/mol. The number of amides is 1. The minimum atomic E-state index is -0.417. The molecule has 0 aliphatic heterocycles. The highest BCUT2D eigenvalue weighted by Gasteiger charge is 2.29. The van der Waals surface area contributed by atoms with Crippen molar-refractivity contribution in [2.45, 2.75) is 24.7 Å². The van der Waals surface area contributed by atoms with E-state index in [-0.39, 0.29) is 5.91 Å². The summed E-state index contributed by atoms with van der Waals surface area (Å²) in [5.41, 5.74) is 0. The molecule has 1 unspecified atom stereocenters. The van der Waals surface area contributed by atoms with Gasteiger partial charge in [-0.15, -0.1) is 0 Å². The van der Waals surface area contributed by atoms with Crippen LogP contribution in [-0.4, -0.2) is 29.9 Å². The van der Waals surface area contributed by atoms with Crippen molar-refractivity contribution in [3.63, 3.8) is 0 Å². The van der Waals surface area contributed by atoms with Gasteiger partial charge in [0.15, 0.2) is 5.76 Å². The van der Waals surface area contributed by atoms with Gasteiger partial charge in [0, 0.05) is 6.54 Å². The van der Waals surface area contributed by atoms with Gasteiger partial charge in [0.25, 0.3) is 5.91 Å². The van der Waals surface area contributed by atoms with Crippen LogP contribution in [0.15, 0.2) is 16.5 Å². The quantitative estimate of drug-likeness (QED) is 0.811. The number of carbonyl (C=O) groups is 1. The van der Waals surface area contributed by atoms with E-state index < -0.39 is 6.10 Å². The largest absolute Gasteiger partial charge is 0.455 e. The molecule has 0 bridgehead atoms. The van der Waals surface area contributed by atoms with E-state index in [2.05, 4.69) is 5.32 Å². The highest BCUT2D eigenvalue weighted by molar-refractivity contribution is 7.97. The second kappa shape index (κ2) is 5.60. The molecule has 1 aromatic heterocycles. The van der Waals surface area contributed by atoms with E-state index in [1.54, 1.807) is 17.8 Å². The topological polar surface area (TPSA) is 62.5 Å². The molecule has 5 heteroatoms. The number of nitrogens with one attached hydrogen (secondary N) is 1. The predicted octanol–water partition coefficient (Wildman–Crippen LogP) is 1.64. The molecule has 0 radical (unpaired) electrons. The van der Waals surface area contributed by atoms with Crippen LogP contribution in [0.4, 0.5) is 0 Å². The van der Waals surface area contributed by atoms with Crippen molar-refractivity contribution < 1.29 is 14.3 Å². The van der Waals surface area contributed by atoms with Gasteiger partial charge in [-0.05, 0) is 37.1 Å². The SMILES string of the molecule is CSCc1ccc(C(=O)NCC(O)C2CC2)o1. The highest BCUT2D eigenvalue weighted by atomic mass is 32.2. The minimum Gasteiger partial charge on any atom is -0.455 e. The zero-order chi connectivity index (χ0) is 12.3. The Bertz CT molecular complexity index is 387. The van der Waals surface area contributed by atoms with E-state index in [4.69, 9.17) is 4.42 Å². The van der Waals surface area contributed by atoms with Crippen LogP contribution in [-0.2, 0) is 5.75 Å². The third-order valence-corrected chi connectivity index (χ3v) is 3.38. The molecule has 0 saturated heterocycles. The molecule has 1 aliphatic rings. The van der Waals surface area contributed by atoms with Crippen LogP contribution in [0, 0.1) is 5.92 Å². The van der Waals surface area contributed by atoms with Crippen LogP contribution >= 0.6 is 11.8 Å². The summed E-state index contributed by atoms with van der Waals surface area (Å²) in [6, 6.07) is 3.48. The molecular weight excluding hydrogens is 238 g/mol. The summed E-state index contributed by atoms with van der Waals surface area (Å²) in [7, 11) is 0. The molecule has 4 nitrogen and oxygen atoms in total. The van der Waals surface area contributed by atoms with Crippen molar-refractivity contribution in [2.75, 3.05) is 12.8 Å². The second-order valence-electron chi connectivity index (χ2n) is 4.31. The van der Waals surface area contributed by atoms with Crippen LogP contribution in [0.1, 0.15) is 29.2 Å². The maximum absolute atomic E-state index is 11.7. The van der Waals surface area contributed by atoms with Crippen LogP contribution in [0.25, 0.3) is 0 Å². The number of hydrogen-bond donors (Lipinski definition) is 2. The maximum Gasteiger partial charge on any atom is 0.287 e. The normalized spacial score (nSPS) is 16.8. The number of hydrogen-bond acceptors (Lipinski definition) is 4. The van der Waals surface area contributed by atoms with Crippen LogP contribution in [0.3, 0.4) is 0 Å². The average molecular weight is 255 g/mol. The molecule has 2 rings (SSSR count). The number of rotatable bonds is 6. The molecule has 1 fully saturated rings. The maximum atomic E-state index is 11.7. The molecule has 2 N–H and O–H groups in total. The first kappa shape index (κ1) is 12.5. The van der Waals surface area contributed by atoms with Gasteiger partial charge in [-0.3, -0.25) is 4.79 Å². The van der Waals surface area contributed by atoms with E-state index in [1.807, 2.05) is 12.3 Å². The molecule has 0 spiro atoms. The molecule has 1 saturated carbocycles. The Kier molecular flexibility index (Phi) is 4.12. The predicted molar refractivity (Wildman–Crippen MR) is 67.0 cm³/mol. The van der Waals surface area contributed by atoms with Crippen LogP contribution in [0.2, 0.25) is 0 Å². The van der Waals surface area contributed by atoms with E-state index in [0.717, 1.165) is 24.4 Å². The summed E-state index contributed by atoms with van der Waals surface area (Å²) < 4.78 is 5.38. The summed E-state index contributed by atoms with van der Waals surface area (Å²) in [4.78, 5) is 11.7. The summed E-state index contributed by atoms with van der Waals surface area (Å²) >= 11 is 1.64. The lowest BCUT2D eigenvalue weighted by molar-refractivity contribution is 0.0873. The smallest absolute Gasteiger partial charge is 0.287 e. The molecule has 17 heavy (non-hydrogen) atoms. The number of furan rings is 1. The van der Waals surface area contributed by atoms with Crippen molar-refractivity contribution in [1.29, 1.82) is 0 Å². The number of thioether (sulfide) groups is 1. The summed E-state index contributed by atoms with van der Waals surface area (Å²) in [5.74, 6) is 2.00. The summed E-state index contributed by atoms with van der Waals surface area (Å²) in [5, 5.41) is 12.3. The Balaban J connectivity index is 1.81. The zero-order valence-electron chi connectivity index (χ0n) is 9.81. The van der Waals surface area contributed by atoms with Crippen molar-refractivity contribution in [1.82, 2.24) is 5.32 Å². The first-order valence-corrected chi connectivity index (χ1v) is 7.14. The fraction of sp³-hybridized carbons (Fsp3) is 0.583. The Morgan fingerprint density at radius 3 is 3.06 bits per heavy atom. The van der Waals surface area contributed by atoms with Gasteiger partial charge in [0.1, 0.15) is 5.76 Å². The Morgan fingerprint density at radius 1 is 1.65 bits per heavy atom. The third-order valence-electron chi connectivity index (χ3n) is 2.81. The van der Waals surface area contributed by atoms with Gasteiger partial charge in [0.05, 0.1) is 11.9 Å². The van der Waals surface area contributed by atoms with E-state index in [0.29, 0.717) is 18.2 Å². The van der Waals surface area contributed by atoms with E-state index in [9.17, 15) is 9.90 Å². The van der Waals surface area contributed by atoms with Crippen molar-refractivity contribution in [3.8, 4) is 0 Å². The molecule has 0 aromatic carbocycles. The molecule has 1 heterocycles. The Morgan fingerprint density at radius 2 is 2.41 bits per heavy atom. The number of aliphatic hydroxyl groups is 1. The standard InChI is InChI=1S/C12H17NO3S/c1-17-7-9-4-5-11(16-9)12(15)13-6-10(14)8-2-3-8/h4-5,8,10,14H,2-3,6-7H2,1H3,(H,13,15). The van der Waals surface area contributed by atoms with Gasteiger partial charge in [-0.1, -0.05) is 0 Å². The van der Waals surface area contributed by atoms with Gasteiger partial charge in [-0.2, -0.15) is 11.8 Å². The fourth-order valence-corrected chi connectivity index (χ4v) is 2.09. The molecule has 1 atom stereocenters. The van der Waals surface area contributed by atoms with E-state index in [1.165, 1.54) is 0 Å². The average Bonchev–Trinajstić information content (AvgIpc) is 3.07. The lowest BCUT2D eigenvalue weighted by Gasteiger charge is -2.09. The zero-order valence-corrected chi connectivity index (χ0v) is 10.6. The minimum absolute atomic E-state index is 0.253. The van der Waals surface area contributed by atoms with Crippen molar-refractivity contribution in [2.24, 2.45) is 5.92 Å². The lowest BCUT2D eigenvalue weighted by atomic mass is 10.2. The summed E-state index contributed by atoms with van der Waals surface area (Å²) in [6.45, 7) is 0.308. The number of aliphatic hydroxyl groups excluding tert-OH is 1. The lowest BCUT2D eigenvalue weighted by Crippen LogP contribution is -2.32. The first-order chi connectivity index (χ1) is 8.20. The second-order valence-corrected chi connectivity index (χ2v) is 5.18. The first-order valence-electron chi connectivity index (χ1n) is 5.74. The van der Waals surface area contributed by atoms with Crippen molar-refractivity contribution in [3.05, 3.63) is 23.7 Å². The summed E-state index contributed by atoms with van der Waals surface area (Å²) in [6.07, 6.45) is 3.69. The molecule has 94 valence electrons. The Hall–Kier alpha value is -0.940. The van der Waals surface area contributed by atoms with Gasteiger partial charge in [-0.25, -0.2) is 0 Å². The van der Waals surface area contributed by atoms with Crippen molar-refractivity contribution >= 4 is 17.7 Å². The van der Waals surface area contributed by atoms with Gasteiger partial charge < -0.3 is 14.8 Å². The Labute approximate surface area is 105 Å². The highest BCUT2D eigenvalue weighted by Crippen LogP contribution is 2.32. The molecule has 1 aromatic rings. The molecule has 1 aliphatic carbocycles. The van der Waals surface area contributed by atoms with Crippen LogP contribution in [0.5, 0.6) is 0 Å². The van der Waals surface area contributed by atoms with Crippen LogP contribution < -0.4 is 5.32 Å². The van der Waals surface area contributed by atoms with Gasteiger partial charge >= 0.3 is 0 Å². The third kappa shape index (κ3) is 3.51. The fourth-order valence-electron chi connectivity index (χ4n) is 1.65. The molecule has 1 amide bonds.